The molecule has 2 rings (SSSR count). The summed E-state index contributed by atoms with van der Waals surface area (Å²) in [6, 6.07) is 0. The Morgan fingerprint density at radius 1 is 1.62 bits per heavy atom. The molecule has 1 aliphatic heterocycles. The lowest BCUT2D eigenvalue weighted by atomic mass is 10.3. The Hall–Kier alpha value is -1.62. The Kier molecular flexibility index (Phi) is 1.86. The Morgan fingerprint density at radius 3 is 3.00 bits per heavy atom. The minimum atomic E-state index is -1.09. The van der Waals surface area contributed by atoms with Crippen LogP contribution in [0.2, 0.25) is 0 Å². The highest BCUT2D eigenvalue weighted by Gasteiger charge is 2.15. The molecule has 5 heteroatoms. The van der Waals surface area contributed by atoms with Crippen LogP contribution in [0, 0.1) is 0 Å². The fourth-order valence-corrected chi connectivity index (χ4v) is 1.06. The second kappa shape index (κ2) is 3.02. The van der Waals surface area contributed by atoms with Crippen molar-refractivity contribution in [2.45, 2.75) is 0 Å². The first-order valence-electron chi connectivity index (χ1n) is 3.73. The number of oxazole rings is 1. The minimum Gasteiger partial charge on any atom is -0.476 e. The highest BCUT2D eigenvalue weighted by atomic mass is 16.5. The van der Waals surface area contributed by atoms with E-state index in [1.165, 1.54) is 0 Å². The maximum atomic E-state index is 10.5. The van der Waals surface area contributed by atoms with E-state index in [4.69, 9.17) is 14.3 Å². The number of hydrogen-bond acceptors (Lipinski definition) is 4. The van der Waals surface area contributed by atoms with E-state index in [-0.39, 0.29) is 5.69 Å². The van der Waals surface area contributed by atoms with E-state index in [1.807, 2.05) is 6.08 Å². The van der Waals surface area contributed by atoms with Gasteiger partial charge in [0.15, 0.2) is 5.69 Å². The molecule has 0 aliphatic carbocycles. The van der Waals surface area contributed by atoms with E-state index in [0.29, 0.717) is 19.1 Å². The van der Waals surface area contributed by atoms with Crippen LogP contribution in [0.3, 0.4) is 0 Å². The SMILES string of the molecule is O=C(O)c1coc(C2=CCOC2)n1. The molecule has 0 bridgehead atoms. The number of carboxylic acids is 1. The number of aromatic carboxylic acids is 1. The minimum absolute atomic E-state index is 0.0807. The smallest absolute Gasteiger partial charge is 0.357 e. The lowest BCUT2D eigenvalue weighted by Gasteiger charge is -1.91. The molecule has 0 radical (unpaired) electrons. The van der Waals surface area contributed by atoms with Crippen molar-refractivity contribution in [3.05, 3.63) is 23.9 Å². The van der Waals surface area contributed by atoms with Crippen molar-refractivity contribution >= 4 is 11.5 Å². The third kappa shape index (κ3) is 1.46. The van der Waals surface area contributed by atoms with Gasteiger partial charge in [-0.25, -0.2) is 9.78 Å². The fraction of sp³-hybridized carbons (Fsp3) is 0.250. The lowest BCUT2D eigenvalue weighted by molar-refractivity contribution is 0.0690. The number of hydrogen-bond donors (Lipinski definition) is 1. The van der Waals surface area contributed by atoms with Gasteiger partial charge in [-0.2, -0.15) is 0 Å². The number of ether oxygens (including phenoxy) is 1. The molecule has 1 aromatic heterocycles. The molecule has 1 aliphatic rings. The molecule has 5 nitrogen and oxygen atoms in total. The van der Waals surface area contributed by atoms with Crippen molar-refractivity contribution in [3.8, 4) is 0 Å². The van der Waals surface area contributed by atoms with Crippen LogP contribution >= 0.6 is 0 Å². The summed E-state index contributed by atoms with van der Waals surface area (Å²) < 4.78 is 10.0. The summed E-state index contributed by atoms with van der Waals surface area (Å²) in [6.45, 7) is 0.958. The lowest BCUT2D eigenvalue weighted by Crippen LogP contribution is -1.96. The number of nitrogens with zero attached hydrogens (tertiary/aromatic N) is 1. The Labute approximate surface area is 73.6 Å². The fourth-order valence-electron chi connectivity index (χ4n) is 1.06. The zero-order valence-corrected chi connectivity index (χ0v) is 6.69. The quantitative estimate of drug-likeness (QED) is 0.730. The first-order valence-corrected chi connectivity index (χ1v) is 3.73. The van der Waals surface area contributed by atoms with Gasteiger partial charge in [0.1, 0.15) is 6.26 Å². The van der Waals surface area contributed by atoms with Crippen LogP contribution in [-0.2, 0) is 4.74 Å². The molecule has 0 amide bonds. The molecular weight excluding hydrogens is 174 g/mol. The molecule has 0 saturated heterocycles. The van der Waals surface area contributed by atoms with Gasteiger partial charge in [0, 0.05) is 5.57 Å². The topological polar surface area (TPSA) is 72.6 Å². The molecule has 0 spiro atoms. The van der Waals surface area contributed by atoms with Gasteiger partial charge in [-0.1, -0.05) is 0 Å². The third-order valence-electron chi connectivity index (χ3n) is 1.70. The number of carbonyl (C=O) groups is 1. The summed E-state index contributed by atoms with van der Waals surface area (Å²) in [5.74, 6) is -0.760. The number of rotatable bonds is 2. The Morgan fingerprint density at radius 2 is 2.46 bits per heavy atom. The van der Waals surface area contributed by atoms with Crippen molar-refractivity contribution in [3.63, 3.8) is 0 Å². The largest absolute Gasteiger partial charge is 0.476 e. The molecule has 0 atom stereocenters. The average Bonchev–Trinajstić information content (AvgIpc) is 2.75. The summed E-state index contributed by atoms with van der Waals surface area (Å²) in [4.78, 5) is 14.2. The van der Waals surface area contributed by atoms with Gasteiger partial charge in [-0.05, 0) is 6.08 Å². The zero-order chi connectivity index (χ0) is 9.26. The molecule has 2 heterocycles. The maximum Gasteiger partial charge on any atom is 0.357 e. The van der Waals surface area contributed by atoms with Gasteiger partial charge >= 0.3 is 5.97 Å². The second-order valence-electron chi connectivity index (χ2n) is 2.59. The van der Waals surface area contributed by atoms with E-state index in [1.54, 1.807) is 0 Å². The average molecular weight is 181 g/mol. The van der Waals surface area contributed by atoms with Gasteiger partial charge < -0.3 is 14.3 Å². The van der Waals surface area contributed by atoms with Crippen LogP contribution in [0.1, 0.15) is 16.4 Å². The van der Waals surface area contributed by atoms with Crippen molar-refractivity contribution in [2.75, 3.05) is 13.2 Å². The summed E-state index contributed by atoms with van der Waals surface area (Å²) in [5, 5.41) is 8.57. The summed E-state index contributed by atoms with van der Waals surface area (Å²) in [5.41, 5.74) is 0.718. The van der Waals surface area contributed by atoms with Gasteiger partial charge in [-0.15, -0.1) is 0 Å². The molecule has 1 aromatic rings. The van der Waals surface area contributed by atoms with E-state index in [0.717, 1.165) is 11.8 Å². The monoisotopic (exact) mass is 181 g/mol. The van der Waals surface area contributed by atoms with E-state index >= 15 is 0 Å². The Bertz CT molecular complexity index is 366. The van der Waals surface area contributed by atoms with Gasteiger partial charge in [0.25, 0.3) is 0 Å². The third-order valence-corrected chi connectivity index (χ3v) is 1.70. The first-order chi connectivity index (χ1) is 6.27. The van der Waals surface area contributed by atoms with Crippen molar-refractivity contribution in [1.82, 2.24) is 4.98 Å². The van der Waals surface area contributed by atoms with Crippen LogP contribution in [-0.4, -0.2) is 29.3 Å². The van der Waals surface area contributed by atoms with Crippen LogP contribution in [0.15, 0.2) is 16.8 Å². The molecule has 68 valence electrons. The molecule has 13 heavy (non-hydrogen) atoms. The van der Waals surface area contributed by atoms with E-state index in [9.17, 15) is 4.79 Å². The highest BCUT2D eigenvalue weighted by Crippen LogP contribution is 2.17. The normalized spacial score (nSPS) is 15.8. The van der Waals surface area contributed by atoms with Crippen LogP contribution in [0.5, 0.6) is 0 Å². The molecule has 0 fully saturated rings. The van der Waals surface area contributed by atoms with Crippen LogP contribution < -0.4 is 0 Å². The molecule has 0 saturated carbocycles. The first kappa shape index (κ1) is 8.00. The molecular formula is C8H7NO4. The van der Waals surface area contributed by atoms with Crippen molar-refractivity contribution in [2.24, 2.45) is 0 Å². The number of aromatic nitrogens is 1. The van der Waals surface area contributed by atoms with Crippen molar-refractivity contribution < 1.29 is 19.1 Å². The van der Waals surface area contributed by atoms with Crippen molar-refractivity contribution in [1.29, 1.82) is 0 Å². The molecule has 0 aromatic carbocycles. The number of carboxylic acid groups (broad SMARTS) is 1. The highest BCUT2D eigenvalue weighted by molar-refractivity contribution is 5.85. The zero-order valence-electron chi connectivity index (χ0n) is 6.69. The Balaban J connectivity index is 2.27. The summed E-state index contributed by atoms with van der Waals surface area (Å²) >= 11 is 0. The van der Waals surface area contributed by atoms with Crippen LogP contribution in [0.4, 0.5) is 0 Å². The maximum absolute atomic E-state index is 10.5. The van der Waals surface area contributed by atoms with Gasteiger partial charge in [0.2, 0.25) is 5.89 Å². The predicted octanol–water partition coefficient (Wildman–Crippen LogP) is 0.786. The summed E-state index contributed by atoms with van der Waals surface area (Å²) in [6.07, 6.45) is 2.94. The predicted molar refractivity (Wildman–Crippen MR) is 42.3 cm³/mol. The standard InChI is InChI=1S/C8H7NO4/c10-8(11)6-4-13-7(9-6)5-1-2-12-3-5/h1,4H,2-3H2,(H,10,11). The molecule has 1 N–H and O–H groups in total. The van der Waals surface area contributed by atoms with Crippen LogP contribution in [0.25, 0.3) is 5.57 Å². The second-order valence-corrected chi connectivity index (χ2v) is 2.59. The summed E-state index contributed by atoms with van der Waals surface area (Å²) in [7, 11) is 0. The molecule has 0 unspecified atom stereocenters. The van der Waals surface area contributed by atoms with E-state index in [2.05, 4.69) is 4.98 Å². The van der Waals surface area contributed by atoms with Gasteiger partial charge in [-0.3, -0.25) is 0 Å². The van der Waals surface area contributed by atoms with E-state index < -0.39 is 5.97 Å². The van der Waals surface area contributed by atoms with Gasteiger partial charge in [0.05, 0.1) is 13.2 Å².